The highest BCUT2D eigenvalue weighted by Crippen LogP contribution is 2.35. The Morgan fingerprint density at radius 2 is 1.97 bits per heavy atom. The van der Waals surface area contributed by atoms with Crippen molar-refractivity contribution in [3.63, 3.8) is 0 Å². The average molecular weight is 456 g/mol. The molecule has 0 aromatic heterocycles. The molecule has 2 aromatic carbocycles. The van der Waals surface area contributed by atoms with Crippen molar-refractivity contribution in [2.45, 2.75) is 23.7 Å². The lowest BCUT2D eigenvalue weighted by Crippen LogP contribution is -2.51. The van der Waals surface area contributed by atoms with Crippen molar-refractivity contribution in [3.8, 4) is 5.75 Å². The molecule has 0 aliphatic carbocycles. The van der Waals surface area contributed by atoms with Crippen molar-refractivity contribution >= 4 is 33.0 Å². The largest absolute Gasteiger partial charge is 0.573 e. The van der Waals surface area contributed by atoms with Crippen LogP contribution in [-0.4, -0.2) is 46.4 Å². The standard InChI is InChI=1S/C19H19F3N4O4S/c20-19(21,22)30-14-2-1-3-15(10-14)31(28,29)25-12-4-5-17-16(8-12)24-18(27)9-13-11-23-6-7-26(13)17/h1-5,8,10,13,23,25H,6-7,9,11H2,(H,24,27). The van der Waals surface area contributed by atoms with Gasteiger partial charge < -0.3 is 20.3 Å². The van der Waals surface area contributed by atoms with E-state index in [9.17, 15) is 26.4 Å². The van der Waals surface area contributed by atoms with Crippen molar-refractivity contribution in [3.05, 3.63) is 42.5 Å². The molecule has 2 heterocycles. The van der Waals surface area contributed by atoms with Gasteiger partial charge in [-0.25, -0.2) is 8.42 Å². The van der Waals surface area contributed by atoms with E-state index in [0.29, 0.717) is 25.2 Å². The first kappa shape index (κ1) is 21.2. The summed E-state index contributed by atoms with van der Waals surface area (Å²) in [7, 11) is -4.20. The van der Waals surface area contributed by atoms with Crippen LogP contribution in [0.1, 0.15) is 6.42 Å². The monoisotopic (exact) mass is 456 g/mol. The number of carbonyl (C=O) groups is 1. The normalized spacial score (nSPS) is 19.0. The molecular formula is C19H19F3N4O4S. The van der Waals surface area contributed by atoms with Crippen LogP contribution in [0.15, 0.2) is 47.4 Å². The van der Waals surface area contributed by atoms with Crippen LogP contribution in [0.3, 0.4) is 0 Å². The topological polar surface area (TPSA) is 99.8 Å². The minimum absolute atomic E-state index is 0.00563. The van der Waals surface area contributed by atoms with Gasteiger partial charge in [0.2, 0.25) is 5.91 Å². The van der Waals surface area contributed by atoms with E-state index in [-0.39, 0.29) is 17.6 Å². The molecule has 1 atom stereocenters. The number of hydrogen-bond acceptors (Lipinski definition) is 6. The van der Waals surface area contributed by atoms with Gasteiger partial charge in [-0.3, -0.25) is 9.52 Å². The maximum absolute atomic E-state index is 12.7. The molecule has 12 heteroatoms. The van der Waals surface area contributed by atoms with Crippen LogP contribution in [0, 0.1) is 0 Å². The number of sulfonamides is 1. The van der Waals surface area contributed by atoms with E-state index >= 15 is 0 Å². The van der Waals surface area contributed by atoms with Gasteiger partial charge >= 0.3 is 6.36 Å². The minimum atomic E-state index is -4.94. The van der Waals surface area contributed by atoms with Crippen LogP contribution in [-0.2, 0) is 14.8 Å². The third kappa shape index (κ3) is 4.85. The molecule has 0 radical (unpaired) electrons. The fourth-order valence-electron chi connectivity index (χ4n) is 3.68. The Morgan fingerprint density at radius 1 is 1.16 bits per heavy atom. The molecule has 0 bridgehead atoms. The van der Waals surface area contributed by atoms with Crippen LogP contribution in [0.2, 0.25) is 0 Å². The molecule has 2 aliphatic heterocycles. The average Bonchev–Trinajstić information content (AvgIpc) is 2.81. The van der Waals surface area contributed by atoms with Crippen LogP contribution >= 0.6 is 0 Å². The lowest BCUT2D eigenvalue weighted by Gasteiger charge is -2.36. The summed E-state index contributed by atoms with van der Waals surface area (Å²) in [5.41, 5.74) is 1.40. The highest BCUT2D eigenvalue weighted by atomic mass is 32.2. The van der Waals surface area contributed by atoms with E-state index in [2.05, 4.69) is 25.0 Å². The zero-order chi connectivity index (χ0) is 22.2. The number of nitrogens with zero attached hydrogens (tertiary/aromatic N) is 1. The van der Waals surface area contributed by atoms with Crippen LogP contribution < -0.4 is 25.0 Å². The van der Waals surface area contributed by atoms with Crippen LogP contribution in [0.5, 0.6) is 5.75 Å². The first-order chi connectivity index (χ1) is 14.6. The van der Waals surface area contributed by atoms with E-state index in [1.807, 2.05) is 0 Å². The molecule has 1 amide bonds. The van der Waals surface area contributed by atoms with E-state index < -0.39 is 27.0 Å². The highest BCUT2D eigenvalue weighted by Gasteiger charge is 2.32. The fraction of sp³-hybridized carbons (Fsp3) is 0.316. The van der Waals surface area contributed by atoms with Gasteiger partial charge in [0.05, 0.1) is 28.0 Å². The summed E-state index contributed by atoms with van der Waals surface area (Å²) >= 11 is 0. The number of anilines is 3. The predicted octanol–water partition coefficient (Wildman–Crippen LogP) is 2.51. The second-order valence-corrected chi connectivity index (χ2v) is 8.85. The number of carbonyl (C=O) groups excluding carboxylic acids is 1. The Labute approximate surface area is 176 Å². The smallest absolute Gasteiger partial charge is 0.406 e. The van der Waals surface area contributed by atoms with E-state index in [0.717, 1.165) is 36.5 Å². The molecule has 8 nitrogen and oxygen atoms in total. The van der Waals surface area contributed by atoms with Crippen molar-refractivity contribution in [1.82, 2.24) is 5.32 Å². The van der Waals surface area contributed by atoms with Gasteiger partial charge in [0.15, 0.2) is 0 Å². The number of amides is 1. The predicted molar refractivity (Wildman–Crippen MR) is 108 cm³/mol. The second-order valence-electron chi connectivity index (χ2n) is 7.16. The zero-order valence-electron chi connectivity index (χ0n) is 16.1. The maximum Gasteiger partial charge on any atom is 0.573 e. The summed E-state index contributed by atoms with van der Waals surface area (Å²) < 4.78 is 68.8. The quantitative estimate of drug-likeness (QED) is 0.654. The number of alkyl halides is 3. The van der Waals surface area contributed by atoms with E-state index in [1.54, 1.807) is 12.1 Å². The number of halogens is 3. The zero-order valence-corrected chi connectivity index (χ0v) is 16.9. The number of rotatable bonds is 4. The molecule has 31 heavy (non-hydrogen) atoms. The number of benzene rings is 2. The van der Waals surface area contributed by atoms with Gasteiger partial charge in [-0.15, -0.1) is 13.2 Å². The molecule has 2 aromatic rings. The Bertz CT molecular complexity index is 1110. The Kier molecular flexibility index (Phi) is 5.43. The third-order valence-electron chi connectivity index (χ3n) is 4.95. The van der Waals surface area contributed by atoms with Gasteiger partial charge in [-0.1, -0.05) is 6.07 Å². The molecule has 0 spiro atoms. The van der Waals surface area contributed by atoms with Gasteiger partial charge in [0.25, 0.3) is 10.0 Å². The number of fused-ring (bicyclic) bond motifs is 3. The van der Waals surface area contributed by atoms with Crippen molar-refractivity contribution in [2.75, 3.05) is 34.6 Å². The highest BCUT2D eigenvalue weighted by molar-refractivity contribution is 7.92. The van der Waals surface area contributed by atoms with Gasteiger partial charge in [0.1, 0.15) is 5.75 Å². The molecule has 1 fully saturated rings. The summed E-state index contributed by atoms with van der Waals surface area (Å²) in [5.74, 6) is -0.830. The number of hydrogen-bond donors (Lipinski definition) is 3. The number of nitrogens with one attached hydrogen (secondary N) is 3. The molecule has 1 saturated heterocycles. The third-order valence-corrected chi connectivity index (χ3v) is 6.33. The summed E-state index contributed by atoms with van der Waals surface area (Å²) in [4.78, 5) is 14.0. The SMILES string of the molecule is O=C1CC2CNCCN2c2ccc(NS(=O)(=O)c3cccc(OC(F)(F)F)c3)cc2N1. The van der Waals surface area contributed by atoms with Crippen molar-refractivity contribution in [1.29, 1.82) is 0 Å². The molecule has 1 unspecified atom stereocenters. The number of ether oxygens (including phenoxy) is 1. The first-order valence-electron chi connectivity index (χ1n) is 9.41. The molecule has 2 aliphatic rings. The minimum Gasteiger partial charge on any atom is -0.406 e. The first-order valence-corrected chi connectivity index (χ1v) is 10.9. The Balaban J connectivity index is 1.60. The van der Waals surface area contributed by atoms with Crippen LogP contribution in [0.4, 0.5) is 30.2 Å². The van der Waals surface area contributed by atoms with Gasteiger partial charge in [0, 0.05) is 32.1 Å². The van der Waals surface area contributed by atoms with E-state index in [4.69, 9.17) is 0 Å². The molecular weight excluding hydrogens is 437 g/mol. The van der Waals surface area contributed by atoms with Crippen LogP contribution in [0.25, 0.3) is 0 Å². The number of piperazine rings is 1. The lowest BCUT2D eigenvalue weighted by molar-refractivity contribution is -0.274. The van der Waals surface area contributed by atoms with Gasteiger partial charge in [-0.05, 0) is 30.3 Å². The Hall–Kier alpha value is -2.99. The molecule has 0 saturated carbocycles. The summed E-state index contributed by atoms with van der Waals surface area (Å²) in [6.07, 6.45) is -4.64. The molecule has 4 rings (SSSR count). The molecule has 3 N–H and O–H groups in total. The lowest BCUT2D eigenvalue weighted by atomic mass is 10.1. The summed E-state index contributed by atoms with van der Waals surface area (Å²) in [6, 6.07) is 8.84. The maximum atomic E-state index is 12.7. The second kappa shape index (κ2) is 7.93. The van der Waals surface area contributed by atoms with E-state index in [1.165, 1.54) is 6.07 Å². The van der Waals surface area contributed by atoms with Crippen molar-refractivity contribution in [2.24, 2.45) is 0 Å². The fourth-order valence-corrected chi connectivity index (χ4v) is 4.76. The summed E-state index contributed by atoms with van der Waals surface area (Å²) in [6.45, 7) is 2.12. The summed E-state index contributed by atoms with van der Waals surface area (Å²) in [5, 5.41) is 6.04. The van der Waals surface area contributed by atoms with Gasteiger partial charge in [-0.2, -0.15) is 0 Å². The molecule has 166 valence electrons. The van der Waals surface area contributed by atoms with Crippen molar-refractivity contribution < 1.29 is 31.1 Å². The Morgan fingerprint density at radius 3 is 2.74 bits per heavy atom.